The molecule has 0 aliphatic heterocycles. The predicted octanol–water partition coefficient (Wildman–Crippen LogP) is 2.12. The normalized spacial score (nSPS) is 12.8. The van der Waals surface area contributed by atoms with Crippen molar-refractivity contribution >= 4 is 11.9 Å². The molecule has 1 aromatic rings. The number of benzene rings is 1. The van der Waals surface area contributed by atoms with Crippen LogP contribution in [0, 0.1) is 17.0 Å². The molecule has 1 atom stereocenters. The van der Waals surface area contributed by atoms with Crippen LogP contribution in [0.15, 0.2) is 18.2 Å². The summed E-state index contributed by atoms with van der Waals surface area (Å²) in [6.07, 6.45) is -0.211. The third kappa shape index (κ3) is 4.29. The van der Waals surface area contributed by atoms with E-state index in [4.69, 9.17) is 5.11 Å². The molecule has 0 bridgehead atoms. The van der Waals surface area contributed by atoms with Crippen LogP contribution in [0.2, 0.25) is 0 Å². The van der Waals surface area contributed by atoms with Crippen molar-refractivity contribution in [1.29, 1.82) is 0 Å². The summed E-state index contributed by atoms with van der Waals surface area (Å²) in [5, 5.41) is 11.5. The molecule has 1 rings (SSSR count). The lowest BCUT2D eigenvalue weighted by atomic mass is 9.86. The maximum Gasteiger partial charge on any atom is 0.326 e. The van der Waals surface area contributed by atoms with Gasteiger partial charge in [0.2, 0.25) is 5.91 Å². The van der Waals surface area contributed by atoms with Crippen molar-refractivity contribution in [2.45, 2.75) is 33.2 Å². The maximum atomic E-state index is 13.0. The first-order chi connectivity index (χ1) is 9.11. The van der Waals surface area contributed by atoms with Gasteiger partial charge >= 0.3 is 5.97 Å². The van der Waals surface area contributed by atoms with Crippen LogP contribution >= 0.6 is 0 Å². The Bertz CT molecular complexity index is 524. The quantitative estimate of drug-likeness (QED) is 0.890. The number of carbonyl (C=O) groups excluding carboxylic acids is 1. The Morgan fingerprint density at radius 2 is 1.85 bits per heavy atom. The molecule has 0 fully saturated rings. The molecule has 0 aromatic heterocycles. The number of carboxylic acids is 1. The van der Waals surface area contributed by atoms with E-state index in [2.05, 4.69) is 5.32 Å². The number of amides is 1. The van der Waals surface area contributed by atoms with E-state index in [1.165, 1.54) is 6.07 Å². The Balaban J connectivity index is 2.76. The molecule has 0 saturated heterocycles. The van der Waals surface area contributed by atoms with Gasteiger partial charge in [0.1, 0.15) is 6.04 Å². The van der Waals surface area contributed by atoms with E-state index < -0.39 is 35.0 Å². The molecule has 20 heavy (non-hydrogen) atoms. The molecule has 4 nitrogen and oxygen atoms in total. The predicted molar refractivity (Wildman–Crippen MR) is 69.1 cm³/mol. The number of carboxylic acid groups (broad SMARTS) is 1. The molecule has 0 aliphatic rings. The molecule has 1 amide bonds. The fourth-order valence-electron chi connectivity index (χ4n) is 1.70. The Kier molecular flexibility index (Phi) is 4.81. The fraction of sp³-hybridized carbons (Fsp3) is 0.429. The maximum absolute atomic E-state index is 13.0. The summed E-state index contributed by atoms with van der Waals surface area (Å²) in [4.78, 5) is 22.9. The lowest BCUT2D eigenvalue weighted by molar-refractivity contribution is -0.144. The molecule has 110 valence electrons. The van der Waals surface area contributed by atoms with Crippen LogP contribution in [-0.2, 0) is 16.0 Å². The van der Waals surface area contributed by atoms with Gasteiger partial charge in [-0.2, -0.15) is 0 Å². The third-order valence-electron chi connectivity index (χ3n) is 2.77. The van der Waals surface area contributed by atoms with E-state index >= 15 is 0 Å². The van der Waals surface area contributed by atoms with E-state index in [1.807, 2.05) is 0 Å². The Morgan fingerprint density at radius 3 is 2.30 bits per heavy atom. The SMILES string of the molecule is CC(C)(C)[C@H](NC(=O)Cc1ccc(F)c(F)c1)C(=O)O. The zero-order valence-electron chi connectivity index (χ0n) is 11.5. The lowest BCUT2D eigenvalue weighted by Gasteiger charge is -2.27. The second-order valence-electron chi connectivity index (χ2n) is 5.63. The number of aliphatic carboxylic acids is 1. The Morgan fingerprint density at radius 1 is 1.25 bits per heavy atom. The number of hydrogen-bond acceptors (Lipinski definition) is 2. The zero-order chi connectivity index (χ0) is 15.5. The summed E-state index contributed by atoms with van der Waals surface area (Å²) >= 11 is 0. The number of rotatable bonds is 4. The molecule has 6 heteroatoms. The highest BCUT2D eigenvalue weighted by Gasteiger charge is 2.32. The van der Waals surface area contributed by atoms with Crippen molar-refractivity contribution in [3.05, 3.63) is 35.4 Å². The van der Waals surface area contributed by atoms with E-state index in [0.717, 1.165) is 12.1 Å². The number of carbonyl (C=O) groups is 2. The van der Waals surface area contributed by atoms with Gasteiger partial charge in [-0.25, -0.2) is 13.6 Å². The van der Waals surface area contributed by atoms with Crippen molar-refractivity contribution in [2.24, 2.45) is 5.41 Å². The van der Waals surface area contributed by atoms with Gasteiger partial charge in [-0.1, -0.05) is 26.8 Å². The van der Waals surface area contributed by atoms with Crippen LogP contribution in [0.25, 0.3) is 0 Å². The number of hydrogen-bond donors (Lipinski definition) is 2. The molecule has 2 N–H and O–H groups in total. The average molecular weight is 285 g/mol. The van der Waals surface area contributed by atoms with Crippen molar-refractivity contribution in [3.63, 3.8) is 0 Å². The second-order valence-corrected chi connectivity index (χ2v) is 5.63. The molecule has 0 spiro atoms. The third-order valence-corrected chi connectivity index (χ3v) is 2.77. The summed E-state index contributed by atoms with van der Waals surface area (Å²) in [6, 6.07) is 2.07. The molecule has 0 radical (unpaired) electrons. The lowest BCUT2D eigenvalue weighted by Crippen LogP contribution is -2.49. The first-order valence-electron chi connectivity index (χ1n) is 6.07. The van der Waals surface area contributed by atoms with Gasteiger partial charge in [0.25, 0.3) is 0 Å². The van der Waals surface area contributed by atoms with Gasteiger partial charge in [0.05, 0.1) is 6.42 Å². The summed E-state index contributed by atoms with van der Waals surface area (Å²) in [5.74, 6) is -3.73. The van der Waals surface area contributed by atoms with Crippen LogP contribution < -0.4 is 5.32 Å². The van der Waals surface area contributed by atoms with Gasteiger partial charge in [0.15, 0.2) is 11.6 Å². The monoisotopic (exact) mass is 285 g/mol. The zero-order valence-corrected chi connectivity index (χ0v) is 11.5. The van der Waals surface area contributed by atoms with Gasteiger partial charge in [-0.15, -0.1) is 0 Å². The van der Waals surface area contributed by atoms with Crippen LogP contribution in [0.1, 0.15) is 26.3 Å². The van der Waals surface area contributed by atoms with Crippen molar-refractivity contribution in [3.8, 4) is 0 Å². The topological polar surface area (TPSA) is 66.4 Å². The smallest absolute Gasteiger partial charge is 0.326 e. The molecule has 0 heterocycles. The summed E-state index contributed by atoms with van der Waals surface area (Å²) in [5.41, 5.74) is -0.380. The highest BCUT2D eigenvalue weighted by molar-refractivity contribution is 5.85. The van der Waals surface area contributed by atoms with Gasteiger partial charge in [-0.05, 0) is 23.1 Å². The minimum atomic E-state index is -1.14. The minimum absolute atomic E-state index is 0.211. The van der Waals surface area contributed by atoms with Crippen molar-refractivity contribution < 1.29 is 23.5 Å². The number of nitrogens with one attached hydrogen (secondary N) is 1. The van der Waals surface area contributed by atoms with Crippen LogP contribution in [0.4, 0.5) is 8.78 Å². The Labute approximate surface area is 115 Å². The fourth-order valence-corrected chi connectivity index (χ4v) is 1.70. The first-order valence-corrected chi connectivity index (χ1v) is 6.07. The minimum Gasteiger partial charge on any atom is -0.480 e. The summed E-state index contributed by atoms with van der Waals surface area (Å²) < 4.78 is 25.8. The second kappa shape index (κ2) is 5.98. The first kappa shape index (κ1) is 16.1. The van der Waals surface area contributed by atoms with Gasteiger partial charge in [-0.3, -0.25) is 4.79 Å². The molecule has 0 unspecified atom stereocenters. The molecular weight excluding hydrogens is 268 g/mol. The Hall–Kier alpha value is -1.98. The highest BCUT2D eigenvalue weighted by atomic mass is 19.2. The molecule has 0 aliphatic carbocycles. The summed E-state index contributed by atoms with van der Waals surface area (Å²) in [6.45, 7) is 5.05. The van der Waals surface area contributed by atoms with Crippen molar-refractivity contribution in [2.75, 3.05) is 0 Å². The van der Waals surface area contributed by atoms with E-state index in [1.54, 1.807) is 20.8 Å². The summed E-state index contributed by atoms with van der Waals surface area (Å²) in [7, 11) is 0. The van der Waals surface area contributed by atoms with E-state index in [-0.39, 0.29) is 12.0 Å². The van der Waals surface area contributed by atoms with Gasteiger partial charge in [0, 0.05) is 0 Å². The van der Waals surface area contributed by atoms with Crippen LogP contribution in [-0.4, -0.2) is 23.0 Å². The van der Waals surface area contributed by atoms with E-state index in [9.17, 15) is 18.4 Å². The van der Waals surface area contributed by atoms with Crippen LogP contribution in [0.3, 0.4) is 0 Å². The molecule has 0 saturated carbocycles. The van der Waals surface area contributed by atoms with Gasteiger partial charge < -0.3 is 10.4 Å². The highest BCUT2D eigenvalue weighted by Crippen LogP contribution is 2.19. The average Bonchev–Trinajstić information content (AvgIpc) is 2.29. The van der Waals surface area contributed by atoms with Crippen molar-refractivity contribution in [1.82, 2.24) is 5.32 Å². The molecule has 1 aromatic carbocycles. The standard InChI is InChI=1S/C14H17F2NO3/c1-14(2,3)12(13(19)20)17-11(18)7-8-4-5-9(15)10(16)6-8/h4-6,12H,7H2,1-3H3,(H,17,18)(H,19,20)/t12-/m1/s1. The molecular formula is C14H17F2NO3. The largest absolute Gasteiger partial charge is 0.480 e. The number of halogens is 2. The van der Waals surface area contributed by atoms with E-state index in [0.29, 0.717) is 0 Å². The van der Waals surface area contributed by atoms with Crippen LogP contribution in [0.5, 0.6) is 0 Å².